The largest absolute Gasteiger partial charge is 0.476 e. The highest BCUT2D eigenvalue weighted by Gasteiger charge is 2.37. The molecule has 0 saturated carbocycles. The second-order valence-electron chi connectivity index (χ2n) is 7.40. The average Bonchev–Trinajstić information content (AvgIpc) is 2.74. The number of carbonyl (C=O) groups excluding carboxylic acids is 1. The van der Waals surface area contributed by atoms with Gasteiger partial charge in [-0.25, -0.2) is 8.42 Å². The summed E-state index contributed by atoms with van der Waals surface area (Å²) in [5, 5.41) is 3.11. The van der Waals surface area contributed by atoms with Crippen LogP contribution in [0, 0.1) is 13.8 Å². The molecule has 0 aliphatic carbocycles. The van der Waals surface area contributed by atoms with Gasteiger partial charge in [0, 0.05) is 0 Å². The third kappa shape index (κ3) is 4.24. The van der Waals surface area contributed by atoms with Crippen LogP contribution in [0.2, 0.25) is 5.02 Å². The molecule has 1 atom stereocenters. The highest BCUT2D eigenvalue weighted by molar-refractivity contribution is 7.92. The number of nitrogens with zero attached hydrogens (tertiary/aromatic N) is 1. The number of rotatable bonds is 4. The fourth-order valence-electron chi connectivity index (χ4n) is 3.34. The van der Waals surface area contributed by atoms with Crippen LogP contribution in [0.3, 0.4) is 0 Å². The fourth-order valence-corrected chi connectivity index (χ4v) is 5.00. The summed E-state index contributed by atoms with van der Waals surface area (Å²) in [4.78, 5) is 13.1. The predicted molar refractivity (Wildman–Crippen MR) is 121 cm³/mol. The van der Waals surface area contributed by atoms with Crippen LogP contribution in [0.15, 0.2) is 71.6 Å². The van der Waals surface area contributed by atoms with Crippen molar-refractivity contribution in [3.05, 3.63) is 82.9 Å². The maximum Gasteiger partial charge on any atom is 0.267 e. The zero-order valence-corrected chi connectivity index (χ0v) is 18.6. The Hall–Kier alpha value is -3.03. The predicted octanol–water partition coefficient (Wildman–Crippen LogP) is 4.55. The lowest BCUT2D eigenvalue weighted by molar-refractivity contribution is -0.122. The number of aryl methyl sites for hydroxylation is 2. The molecule has 0 radical (unpaired) electrons. The number of benzene rings is 3. The second-order valence-corrected chi connectivity index (χ2v) is 9.67. The number of nitrogens with one attached hydrogen (secondary N) is 1. The van der Waals surface area contributed by atoms with E-state index in [1.807, 2.05) is 19.9 Å². The lowest BCUT2D eigenvalue weighted by atomic mass is 10.1. The Kier molecular flexibility index (Phi) is 5.64. The number of hydrogen-bond donors (Lipinski definition) is 1. The van der Waals surface area contributed by atoms with Crippen LogP contribution in [-0.4, -0.2) is 27.0 Å². The van der Waals surface area contributed by atoms with E-state index >= 15 is 0 Å². The zero-order valence-electron chi connectivity index (χ0n) is 17.0. The summed E-state index contributed by atoms with van der Waals surface area (Å²) in [6.45, 7) is 3.59. The van der Waals surface area contributed by atoms with Crippen molar-refractivity contribution in [1.82, 2.24) is 0 Å². The van der Waals surface area contributed by atoms with Gasteiger partial charge in [0.2, 0.25) is 0 Å². The van der Waals surface area contributed by atoms with Crippen molar-refractivity contribution in [2.75, 3.05) is 16.2 Å². The number of fused-ring (bicyclic) bond motifs is 1. The van der Waals surface area contributed by atoms with Crippen LogP contribution in [0.4, 0.5) is 11.4 Å². The van der Waals surface area contributed by atoms with Crippen LogP contribution in [0.1, 0.15) is 11.1 Å². The first-order valence-electron chi connectivity index (χ1n) is 9.68. The standard InChI is InChI=1S/C23H21ClN2O4S/c1-15-7-10-17(11-8-15)31(28,29)26-14-22(30-21-13-16(2)9-12-20(21)26)23(27)25-19-6-4-3-5-18(19)24/h3-13,22H,14H2,1-2H3,(H,25,27). The number of para-hydroxylation sites is 1. The van der Waals surface area contributed by atoms with Crippen LogP contribution < -0.4 is 14.4 Å². The number of carbonyl (C=O) groups is 1. The summed E-state index contributed by atoms with van der Waals surface area (Å²) >= 11 is 6.14. The highest BCUT2D eigenvalue weighted by Crippen LogP contribution is 2.38. The van der Waals surface area contributed by atoms with E-state index in [1.54, 1.807) is 60.7 Å². The number of halogens is 1. The second kappa shape index (κ2) is 8.24. The monoisotopic (exact) mass is 456 g/mol. The minimum Gasteiger partial charge on any atom is -0.476 e. The molecular formula is C23H21ClN2O4S. The van der Waals surface area contributed by atoms with Crippen molar-refractivity contribution in [1.29, 1.82) is 0 Å². The van der Waals surface area contributed by atoms with Crippen molar-refractivity contribution in [3.63, 3.8) is 0 Å². The molecular weight excluding hydrogens is 436 g/mol. The van der Waals surface area contributed by atoms with Crippen LogP contribution >= 0.6 is 11.6 Å². The van der Waals surface area contributed by atoms with Gasteiger partial charge in [-0.1, -0.05) is 47.5 Å². The molecule has 1 aliphatic rings. The third-order valence-corrected chi connectivity index (χ3v) is 7.14. The lowest BCUT2D eigenvalue weighted by Crippen LogP contribution is -2.48. The Morgan fingerprint density at radius 2 is 1.71 bits per heavy atom. The maximum absolute atomic E-state index is 13.4. The van der Waals surface area contributed by atoms with Crippen molar-refractivity contribution in [3.8, 4) is 5.75 Å². The summed E-state index contributed by atoms with van der Waals surface area (Å²) < 4.78 is 34.0. The SMILES string of the molecule is Cc1ccc(S(=O)(=O)N2CC(C(=O)Nc3ccccc3Cl)Oc3cc(C)ccc32)cc1. The van der Waals surface area contributed by atoms with Gasteiger partial charge in [-0.3, -0.25) is 9.10 Å². The molecule has 3 aromatic carbocycles. The van der Waals surface area contributed by atoms with Gasteiger partial charge in [-0.2, -0.15) is 0 Å². The van der Waals surface area contributed by atoms with Gasteiger partial charge in [0.1, 0.15) is 5.75 Å². The first-order chi connectivity index (χ1) is 14.8. The van der Waals surface area contributed by atoms with Crippen LogP contribution in [0.25, 0.3) is 0 Å². The summed E-state index contributed by atoms with van der Waals surface area (Å²) in [5.41, 5.74) is 2.67. The zero-order chi connectivity index (χ0) is 22.2. The van der Waals surface area contributed by atoms with E-state index in [1.165, 1.54) is 4.31 Å². The number of ether oxygens (including phenoxy) is 1. The van der Waals surface area contributed by atoms with Gasteiger partial charge in [0.25, 0.3) is 15.9 Å². The molecule has 6 nitrogen and oxygen atoms in total. The van der Waals surface area contributed by atoms with Crippen molar-refractivity contribution >= 4 is 38.9 Å². The van der Waals surface area contributed by atoms with Gasteiger partial charge in [-0.05, 0) is 55.8 Å². The van der Waals surface area contributed by atoms with E-state index in [2.05, 4.69) is 5.32 Å². The first-order valence-corrected chi connectivity index (χ1v) is 11.5. The Morgan fingerprint density at radius 1 is 1.03 bits per heavy atom. The minimum atomic E-state index is -3.91. The minimum absolute atomic E-state index is 0.150. The number of sulfonamides is 1. The van der Waals surface area contributed by atoms with Crippen molar-refractivity contribution < 1.29 is 17.9 Å². The fraction of sp³-hybridized carbons (Fsp3) is 0.174. The molecule has 160 valence electrons. The van der Waals surface area contributed by atoms with E-state index in [4.69, 9.17) is 16.3 Å². The molecule has 0 bridgehead atoms. The quantitative estimate of drug-likeness (QED) is 0.624. The summed E-state index contributed by atoms with van der Waals surface area (Å²) in [6, 6.07) is 18.7. The van der Waals surface area contributed by atoms with Gasteiger partial charge >= 0.3 is 0 Å². The van der Waals surface area contributed by atoms with Gasteiger partial charge in [-0.15, -0.1) is 0 Å². The number of anilines is 2. The highest BCUT2D eigenvalue weighted by atomic mass is 35.5. The smallest absolute Gasteiger partial charge is 0.267 e. The Labute approximate surface area is 186 Å². The normalized spacial score (nSPS) is 15.7. The van der Waals surface area contributed by atoms with Gasteiger partial charge in [0.05, 0.1) is 27.8 Å². The Morgan fingerprint density at radius 3 is 2.42 bits per heavy atom. The Balaban J connectivity index is 1.71. The molecule has 3 aromatic rings. The van der Waals surface area contributed by atoms with E-state index < -0.39 is 22.0 Å². The lowest BCUT2D eigenvalue weighted by Gasteiger charge is -2.35. The molecule has 4 rings (SSSR count). The van der Waals surface area contributed by atoms with Crippen LogP contribution in [-0.2, 0) is 14.8 Å². The molecule has 1 N–H and O–H groups in total. The number of amides is 1. The molecule has 1 unspecified atom stereocenters. The molecule has 1 heterocycles. The van der Waals surface area contributed by atoms with Crippen LogP contribution in [0.5, 0.6) is 5.75 Å². The topological polar surface area (TPSA) is 75.7 Å². The molecule has 0 fully saturated rings. The summed E-state index contributed by atoms with van der Waals surface area (Å²) in [5.74, 6) is -0.148. The average molecular weight is 457 g/mol. The molecule has 0 saturated heterocycles. The van der Waals surface area contributed by atoms with E-state index in [9.17, 15) is 13.2 Å². The molecule has 31 heavy (non-hydrogen) atoms. The Bertz CT molecular complexity index is 1240. The summed E-state index contributed by atoms with van der Waals surface area (Å²) in [6.07, 6.45) is -1.05. The van der Waals surface area contributed by atoms with Gasteiger partial charge < -0.3 is 10.1 Å². The molecule has 0 aromatic heterocycles. The molecule has 1 aliphatic heterocycles. The molecule has 8 heteroatoms. The van der Waals surface area contributed by atoms with E-state index in [-0.39, 0.29) is 11.4 Å². The maximum atomic E-state index is 13.4. The molecule has 0 spiro atoms. The van der Waals surface area contributed by atoms with E-state index in [0.717, 1.165) is 11.1 Å². The van der Waals surface area contributed by atoms with Crippen molar-refractivity contribution in [2.45, 2.75) is 24.8 Å². The first kappa shape index (κ1) is 21.2. The van der Waals surface area contributed by atoms with E-state index in [0.29, 0.717) is 22.1 Å². The number of hydrogen-bond acceptors (Lipinski definition) is 4. The van der Waals surface area contributed by atoms with Crippen molar-refractivity contribution in [2.24, 2.45) is 0 Å². The van der Waals surface area contributed by atoms with Gasteiger partial charge in [0.15, 0.2) is 6.10 Å². The molecule has 1 amide bonds. The third-order valence-electron chi connectivity index (χ3n) is 5.02. The summed E-state index contributed by atoms with van der Waals surface area (Å²) in [7, 11) is -3.91.